The summed E-state index contributed by atoms with van der Waals surface area (Å²) >= 11 is 17.9. The molecule has 2 heterocycles. The smallest absolute Gasteiger partial charge is 0.287 e. The molecule has 140 valence electrons. The summed E-state index contributed by atoms with van der Waals surface area (Å²) in [6, 6.07) is 9.38. The van der Waals surface area contributed by atoms with Crippen LogP contribution in [0, 0.1) is 13.8 Å². The van der Waals surface area contributed by atoms with Gasteiger partial charge in [0.05, 0.1) is 11.2 Å². The van der Waals surface area contributed by atoms with Crippen molar-refractivity contribution in [3.63, 3.8) is 0 Å². The molecule has 0 saturated carbocycles. The van der Waals surface area contributed by atoms with Crippen LogP contribution in [0.2, 0.25) is 15.1 Å². The van der Waals surface area contributed by atoms with Gasteiger partial charge in [0.25, 0.3) is 5.56 Å². The van der Waals surface area contributed by atoms with E-state index in [1.54, 1.807) is 6.07 Å². The number of Topliss-reactive ketones (excluding diaryl/α,β-unsaturated/α-hetero) is 1. The molecule has 0 aliphatic heterocycles. The van der Waals surface area contributed by atoms with E-state index in [9.17, 15) is 9.59 Å². The van der Waals surface area contributed by atoms with Gasteiger partial charge in [-0.05, 0) is 31.5 Å². The van der Waals surface area contributed by atoms with Crippen molar-refractivity contribution in [3.8, 4) is 0 Å². The van der Waals surface area contributed by atoms with Crippen LogP contribution in [0.3, 0.4) is 0 Å². The Hall–Kier alpha value is -2.08. The van der Waals surface area contributed by atoms with Crippen molar-refractivity contribution in [3.05, 3.63) is 84.5 Å². The molecule has 0 fully saturated rings. The summed E-state index contributed by atoms with van der Waals surface area (Å²) < 4.78 is 3.02. The second-order valence-corrected chi connectivity index (χ2v) is 7.35. The lowest BCUT2D eigenvalue weighted by Crippen LogP contribution is -2.27. The SMILES string of the molecule is Cc1cc(C(=O)Cn2ncc(Cl)c(Cl)c2=O)c(C)n1Cc1ccccc1Cl. The number of hydrogen-bond donors (Lipinski definition) is 0. The van der Waals surface area contributed by atoms with Crippen LogP contribution < -0.4 is 5.56 Å². The molecule has 0 bridgehead atoms. The molecule has 5 nitrogen and oxygen atoms in total. The zero-order valence-corrected chi connectivity index (χ0v) is 16.9. The molecule has 0 amide bonds. The van der Waals surface area contributed by atoms with Gasteiger partial charge in [0.15, 0.2) is 5.78 Å². The van der Waals surface area contributed by atoms with Crippen LogP contribution >= 0.6 is 34.8 Å². The van der Waals surface area contributed by atoms with Crippen molar-refractivity contribution in [2.24, 2.45) is 0 Å². The van der Waals surface area contributed by atoms with Gasteiger partial charge in [0, 0.05) is 28.5 Å². The van der Waals surface area contributed by atoms with Crippen molar-refractivity contribution < 1.29 is 4.79 Å². The monoisotopic (exact) mass is 423 g/mol. The summed E-state index contributed by atoms with van der Waals surface area (Å²) in [7, 11) is 0. The van der Waals surface area contributed by atoms with Gasteiger partial charge in [0.2, 0.25) is 0 Å². The average Bonchev–Trinajstić information content (AvgIpc) is 2.92. The van der Waals surface area contributed by atoms with E-state index in [-0.39, 0.29) is 22.4 Å². The molecule has 0 N–H and O–H groups in total. The summed E-state index contributed by atoms with van der Waals surface area (Å²) in [6.07, 6.45) is 1.25. The van der Waals surface area contributed by atoms with Crippen LogP contribution in [0.15, 0.2) is 41.3 Å². The van der Waals surface area contributed by atoms with E-state index in [4.69, 9.17) is 34.8 Å². The third kappa shape index (κ3) is 3.95. The zero-order chi connectivity index (χ0) is 19.7. The highest BCUT2D eigenvalue weighted by Crippen LogP contribution is 2.22. The number of aryl methyl sites for hydroxylation is 1. The van der Waals surface area contributed by atoms with Gasteiger partial charge in [-0.25, -0.2) is 4.68 Å². The highest BCUT2D eigenvalue weighted by Gasteiger charge is 2.18. The van der Waals surface area contributed by atoms with E-state index in [0.29, 0.717) is 17.1 Å². The van der Waals surface area contributed by atoms with Crippen LogP contribution in [-0.2, 0) is 13.1 Å². The van der Waals surface area contributed by atoms with Gasteiger partial charge >= 0.3 is 0 Å². The minimum Gasteiger partial charge on any atom is -0.344 e. The summed E-state index contributed by atoms with van der Waals surface area (Å²) in [6.45, 7) is 4.12. The molecule has 0 unspecified atom stereocenters. The van der Waals surface area contributed by atoms with Gasteiger partial charge in [-0.3, -0.25) is 9.59 Å². The molecule has 0 radical (unpaired) electrons. The van der Waals surface area contributed by atoms with Crippen LogP contribution in [0.4, 0.5) is 0 Å². The molecule has 3 aromatic rings. The fourth-order valence-electron chi connectivity index (χ4n) is 2.90. The Kier molecular flexibility index (Phi) is 5.75. The summed E-state index contributed by atoms with van der Waals surface area (Å²) in [5.41, 5.74) is 2.61. The van der Waals surface area contributed by atoms with Gasteiger partial charge < -0.3 is 4.57 Å². The normalized spacial score (nSPS) is 11.0. The second kappa shape index (κ2) is 7.89. The summed E-state index contributed by atoms with van der Waals surface area (Å²) in [4.78, 5) is 24.9. The third-order valence-electron chi connectivity index (χ3n) is 4.40. The van der Waals surface area contributed by atoms with Gasteiger partial charge in [0.1, 0.15) is 11.6 Å². The van der Waals surface area contributed by atoms with E-state index in [1.807, 2.05) is 42.7 Å². The number of rotatable bonds is 5. The molecular formula is C19H16Cl3N3O2. The first-order chi connectivity index (χ1) is 12.8. The fraction of sp³-hybridized carbons (Fsp3) is 0.211. The molecule has 0 spiro atoms. The molecule has 0 saturated heterocycles. The highest BCUT2D eigenvalue weighted by atomic mass is 35.5. The molecule has 3 rings (SSSR count). The Bertz CT molecular complexity index is 1090. The summed E-state index contributed by atoms with van der Waals surface area (Å²) in [5.74, 6) is -0.235. The largest absolute Gasteiger partial charge is 0.344 e. The van der Waals surface area contributed by atoms with E-state index in [0.717, 1.165) is 21.6 Å². The minimum absolute atomic E-state index is 0.0586. The number of carbonyl (C=O) groups excluding carboxylic acids is 1. The molecule has 0 aliphatic rings. The average molecular weight is 425 g/mol. The van der Waals surface area contributed by atoms with E-state index >= 15 is 0 Å². The van der Waals surface area contributed by atoms with Crippen molar-refractivity contribution in [2.75, 3.05) is 0 Å². The molecule has 0 atom stereocenters. The number of hydrogen-bond acceptors (Lipinski definition) is 3. The molecule has 1 aromatic carbocycles. The number of nitrogens with zero attached hydrogens (tertiary/aromatic N) is 3. The highest BCUT2D eigenvalue weighted by molar-refractivity contribution is 6.41. The van der Waals surface area contributed by atoms with Crippen LogP contribution in [0.1, 0.15) is 27.3 Å². The van der Waals surface area contributed by atoms with Crippen molar-refractivity contribution in [1.82, 2.24) is 14.3 Å². The second-order valence-electron chi connectivity index (χ2n) is 6.15. The van der Waals surface area contributed by atoms with E-state index in [1.165, 1.54) is 6.20 Å². The van der Waals surface area contributed by atoms with Crippen molar-refractivity contribution in [2.45, 2.75) is 26.9 Å². The maximum Gasteiger partial charge on any atom is 0.287 e. The Morgan fingerprint density at radius 3 is 2.52 bits per heavy atom. The Labute approximate surface area is 171 Å². The molecule has 2 aromatic heterocycles. The number of benzene rings is 1. The quantitative estimate of drug-likeness (QED) is 0.564. The lowest BCUT2D eigenvalue weighted by Gasteiger charge is -2.11. The number of ketones is 1. The maximum atomic E-state index is 12.8. The summed E-state index contributed by atoms with van der Waals surface area (Å²) in [5, 5.41) is 4.47. The molecule has 8 heteroatoms. The Morgan fingerprint density at radius 2 is 1.81 bits per heavy atom. The number of halogens is 3. The van der Waals surface area contributed by atoms with Crippen LogP contribution in [0.5, 0.6) is 0 Å². The lowest BCUT2D eigenvalue weighted by molar-refractivity contribution is 0.0965. The number of carbonyl (C=O) groups is 1. The first-order valence-corrected chi connectivity index (χ1v) is 9.27. The lowest BCUT2D eigenvalue weighted by atomic mass is 10.1. The fourth-order valence-corrected chi connectivity index (χ4v) is 3.37. The van der Waals surface area contributed by atoms with Gasteiger partial charge in [-0.1, -0.05) is 53.0 Å². The number of aromatic nitrogens is 3. The van der Waals surface area contributed by atoms with Crippen LogP contribution in [0.25, 0.3) is 0 Å². The Morgan fingerprint density at radius 1 is 1.11 bits per heavy atom. The maximum absolute atomic E-state index is 12.8. The minimum atomic E-state index is -0.595. The van der Waals surface area contributed by atoms with Gasteiger partial charge in [-0.15, -0.1) is 0 Å². The predicted octanol–water partition coefficient (Wildman–Crippen LogP) is 4.55. The molecular weight excluding hydrogens is 409 g/mol. The van der Waals surface area contributed by atoms with Crippen LogP contribution in [-0.4, -0.2) is 20.1 Å². The van der Waals surface area contributed by atoms with Gasteiger partial charge in [-0.2, -0.15) is 5.10 Å². The first kappa shape index (κ1) is 19.7. The Balaban J connectivity index is 1.90. The topological polar surface area (TPSA) is 56.9 Å². The molecule has 0 aliphatic carbocycles. The molecule has 27 heavy (non-hydrogen) atoms. The zero-order valence-electron chi connectivity index (χ0n) is 14.7. The van der Waals surface area contributed by atoms with E-state index < -0.39 is 5.56 Å². The van der Waals surface area contributed by atoms with E-state index in [2.05, 4.69) is 5.10 Å². The van der Waals surface area contributed by atoms with Crippen molar-refractivity contribution in [1.29, 1.82) is 0 Å². The van der Waals surface area contributed by atoms with Crippen molar-refractivity contribution >= 4 is 40.6 Å². The predicted molar refractivity (Wildman–Crippen MR) is 107 cm³/mol. The first-order valence-electron chi connectivity index (χ1n) is 8.14. The third-order valence-corrected chi connectivity index (χ3v) is 5.51. The standard InChI is InChI=1S/C19H16Cl3N3O2/c1-11-7-14(12(2)24(11)9-13-5-3-4-6-15(13)20)17(26)10-25-19(27)18(22)16(21)8-23-25/h3-8H,9-10H2,1-2H3.